The highest BCUT2D eigenvalue weighted by atomic mass is 16.5. The summed E-state index contributed by atoms with van der Waals surface area (Å²) in [6, 6.07) is 18.0. The van der Waals surface area contributed by atoms with Gasteiger partial charge < -0.3 is 23.7 Å². The third-order valence-corrected chi connectivity index (χ3v) is 4.24. The number of rotatable bonds is 7. The number of aryl methyl sites for hydroxylation is 1. The first-order chi connectivity index (χ1) is 14.6. The summed E-state index contributed by atoms with van der Waals surface area (Å²) < 4.78 is 21.5. The molecule has 1 N–H and O–H groups in total. The third-order valence-electron chi connectivity index (χ3n) is 4.24. The summed E-state index contributed by atoms with van der Waals surface area (Å²) in [5, 5.41) is 6.87. The topological polar surface area (TPSA) is 104 Å². The molecule has 0 bridgehead atoms. The van der Waals surface area contributed by atoms with E-state index in [9.17, 15) is 9.59 Å². The molecule has 2 aromatic heterocycles. The number of aromatic nitrogens is 1. The lowest BCUT2D eigenvalue weighted by molar-refractivity contribution is -0.119. The zero-order valence-corrected chi connectivity index (χ0v) is 16.1. The molecule has 0 radical (unpaired) electrons. The average molecular weight is 406 g/mol. The number of furan rings is 1. The number of carbonyl (C=O) groups is 2. The SMILES string of the molecule is Cc1cc(NC(=O)COC(=O)c2oc3ccccc3c2COc2ccccc2)no1. The zero-order chi connectivity index (χ0) is 20.9. The van der Waals surface area contributed by atoms with Crippen LogP contribution in [-0.4, -0.2) is 23.6 Å². The van der Waals surface area contributed by atoms with E-state index in [1.54, 1.807) is 25.1 Å². The van der Waals surface area contributed by atoms with Crippen LogP contribution in [0.4, 0.5) is 5.82 Å². The van der Waals surface area contributed by atoms with Crippen molar-refractivity contribution >= 4 is 28.7 Å². The Bertz CT molecular complexity index is 1180. The van der Waals surface area contributed by atoms with Crippen molar-refractivity contribution in [2.45, 2.75) is 13.5 Å². The summed E-state index contributed by atoms with van der Waals surface area (Å²) >= 11 is 0. The van der Waals surface area contributed by atoms with Gasteiger partial charge in [-0.3, -0.25) is 4.79 Å². The van der Waals surface area contributed by atoms with E-state index >= 15 is 0 Å². The summed E-state index contributed by atoms with van der Waals surface area (Å²) in [7, 11) is 0. The van der Waals surface area contributed by atoms with Crippen molar-refractivity contribution < 1.29 is 28.0 Å². The number of anilines is 1. The lowest BCUT2D eigenvalue weighted by atomic mass is 10.1. The van der Waals surface area contributed by atoms with Gasteiger partial charge in [-0.25, -0.2) is 4.79 Å². The second-order valence-electron chi connectivity index (χ2n) is 6.45. The Morgan fingerprint density at radius 1 is 1.07 bits per heavy atom. The first-order valence-corrected chi connectivity index (χ1v) is 9.18. The maximum absolute atomic E-state index is 12.6. The van der Waals surface area contributed by atoms with Crippen LogP contribution < -0.4 is 10.1 Å². The van der Waals surface area contributed by atoms with Crippen molar-refractivity contribution in [2.24, 2.45) is 0 Å². The van der Waals surface area contributed by atoms with Crippen molar-refractivity contribution in [3.05, 3.63) is 77.7 Å². The van der Waals surface area contributed by atoms with Crippen LogP contribution >= 0.6 is 0 Å². The maximum atomic E-state index is 12.6. The fourth-order valence-electron chi connectivity index (χ4n) is 2.88. The van der Waals surface area contributed by atoms with E-state index in [1.165, 1.54) is 0 Å². The summed E-state index contributed by atoms with van der Waals surface area (Å²) in [6.45, 7) is 1.31. The minimum absolute atomic E-state index is 0.00258. The second-order valence-corrected chi connectivity index (χ2v) is 6.45. The molecule has 2 heterocycles. The second kappa shape index (κ2) is 8.52. The Morgan fingerprint density at radius 2 is 1.83 bits per heavy atom. The van der Waals surface area contributed by atoms with Gasteiger partial charge in [0.1, 0.15) is 23.7 Å². The number of benzene rings is 2. The van der Waals surface area contributed by atoms with Gasteiger partial charge in [-0.1, -0.05) is 41.6 Å². The molecule has 152 valence electrons. The van der Waals surface area contributed by atoms with Gasteiger partial charge in [0, 0.05) is 11.5 Å². The average Bonchev–Trinajstić information content (AvgIpc) is 3.34. The minimum atomic E-state index is -0.760. The fourth-order valence-corrected chi connectivity index (χ4v) is 2.88. The quantitative estimate of drug-likeness (QED) is 0.461. The number of fused-ring (bicyclic) bond motifs is 1. The van der Waals surface area contributed by atoms with Gasteiger partial charge in [0.25, 0.3) is 5.91 Å². The number of hydrogen-bond acceptors (Lipinski definition) is 7. The lowest BCUT2D eigenvalue weighted by Crippen LogP contribution is -2.21. The molecule has 2 aromatic carbocycles. The number of ether oxygens (including phenoxy) is 2. The van der Waals surface area contributed by atoms with E-state index in [1.807, 2.05) is 42.5 Å². The number of carbonyl (C=O) groups excluding carboxylic acids is 2. The molecule has 8 nitrogen and oxygen atoms in total. The van der Waals surface area contributed by atoms with Crippen LogP contribution in [0.5, 0.6) is 5.75 Å². The summed E-state index contributed by atoms with van der Waals surface area (Å²) in [4.78, 5) is 24.6. The molecule has 4 rings (SSSR count). The van der Waals surface area contributed by atoms with Crippen LogP contribution in [-0.2, 0) is 16.1 Å². The number of hydrogen-bond donors (Lipinski definition) is 1. The molecule has 0 aliphatic carbocycles. The largest absolute Gasteiger partial charge is 0.489 e. The molecule has 0 aliphatic heterocycles. The smallest absolute Gasteiger partial charge is 0.375 e. The molecule has 4 aromatic rings. The number of esters is 1. The van der Waals surface area contributed by atoms with Gasteiger partial charge in [0.05, 0.1) is 5.56 Å². The molecule has 0 saturated carbocycles. The highest BCUT2D eigenvalue weighted by Gasteiger charge is 2.23. The molecular formula is C22H18N2O6. The Hall–Kier alpha value is -4.07. The van der Waals surface area contributed by atoms with Crippen LogP contribution in [0.3, 0.4) is 0 Å². The van der Waals surface area contributed by atoms with Gasteiger partial charge in [0.15, 0.2) is 12.4 Å². The van der Waals surface area contributed by atoms with Gasteiger partial charge >= 0.3 is 5.97 Å². The molecule has 1 amide bonds. The fraction of sp³-hybridized carbons (Fsp3) is 0.136. The van der Waals surface area contributed by atoms with Crippen LogP contribution in [0.1, 0.15) is 21.9 Å². The highest BCUT2D eigenvalue weighted by molar-refractivity contribution is 5.98. The molecule has 30 heavy (non-hydrogen) atoms. The predicted molar refractivity (Wildman–Crippen MR) is 107 cm³/mol. The van der Waals surface area contributed by atoms with Crippen molar-refractivity contribution in [1.29, 1.82) is 0 Å². The van der Waals surface area contributed by atoms with Gasteiger partial charge in [-0.2, -0.15) is 0 Å². The molecule has 0 fully saturated rings. The highest BCUT2D eigenvalue weighted by Crippen LogP contribution is 2.28. The van der Waals surface area contributed by atoms with E-state index in [4.69, 9.17) is 18.4 Å². The molecule has 0 atom stereocenters. The molecule has 0 aliphatic rings. The van der Waals surface area contributed by atoms with Gasteiger partial charge in [0.2, 0.25) is 5.76 Å². The number of nitrogens with zero attached hydrogens (tertiary/aromatic N) is 1. The third kappa shape index (κ3) is 4.33. The van der Waals surface area contributed by atoms with E-state index in [-0.39, 0.29) is 18.2 Å². The molecule has 8 heteroatoms. The zero-order valence-electron chi connectivity index (χ0n) is 16.1. The maximum Gasteiger partial charge on any atom is 0.375 e. The minimum Gasteiger partial charge on any atom is -0.489 e. The number of amides is 1. The summed E-state index contributed by atoms with van der Waals surface area (Å²) in [6.07, 6.45) is 0. The molecule has 0 spiro atoms. The van der Waals surface area contributed by atoms with E-state index in [0.717, 1.165) is 5.39 Å². The summed E-state index contributed by atoms with van der Waals surface area (Å²) in [5.41, 5.74) is 1.07. The van der Waals surface area contributed by atoms with Gasteiger partial charge in [-0.15, -0.1) is 0 Å². The standard InChI is InChI=1S/C22H18N2O6/c1-14-11-19(24-30-14)23-20(25)13-28-22(26)21-17(12-27-15-7-3-2-4-8-15)16-9-5-6-10-18(16)29-21/h2-11H,12-13H2,1H3,(H,23,24,25). The Balaban J connectivity index is 1.48. The Labute approximate surface area is 171 Å². The van der Waals surface area contributed by atoms with Crippen LogP contribution in [0.15, 0.2) is 69.6 Å². The number of nitrogens with one attached hydrogen (secondary N) is 1. The first-order valence-electron chi connectivity index (χ1n) is 9.18. The monoisotopic (exact) mass is 406 g/mol. The Kier molecular flexibility index (Phi) is 5.47. The molecule has 0 unspecified atom stereocenters. The van der Waals surface area contributed by atoms with Crippen LogP contribution in [0.2, 0.25) is 0 Å². The van der Waals surface area contributed by atoms with Crippen LogP contribution in [0, 0.1) is 6.92 Å². The normalized spacial score (nSPS) is 10.7. The summed E-state index contributed by atoms with van der Waals surface area (Å²) in [5.74, 6) is 0.141. The lowest BCUT2D eigenvalue weighted by Gasteiger charge is -2.07. The van der Waals surface area contributed by atoms with Crippen molar-refractivity contribution in [3.8, 4) is 5.75 Å². The van der Waals surface area contributed by atoms with E-state index in [2.05, 4.69) is 10.5 Å². The number of para-hydroxylation sites is 2. The van der Waals surface area contributed by atoms with Crippen molar-refractivity contribution in [1.82, 2.24) is 5.16 Å². The molecule has 0 saturated heterocycles. The van der Waals surface area contributed by atoms with Crippen molar-refractivity contribution in [2.75, 3.05) is 11.9 Å². The van der Waals surface area contributed by atoms with Crippen molar-refractivity contribution in [3.63, 3.8) is 0 Å². The van der Waals surface area contributed by atoms with Gasteiger partial charge in [-0.05, 0) is 25.1 Å². The van der Waals surface area contributed by atoms with E-state index in [0.29, 0.717) is 22.7 Å². The predicted octanol–water partition coefficient (Wildman–Crippen LogP) is 4.10. The molecular weight excluding hydrogens is 388 g/mol. The first kappa shape index (κ1) is 19.3. The van der Waals surface area contributed by atoms with E-state index < -0.39 is 18.5 Å². The van der Waals surface area contributed by atoms with Crippen LogP contribution in [0.25, 0.3) is 11.0 Å². The Morgan fingerprint density at radius 3 is 2.60 bits per heavy atom.